The molecule has 0 saturated carbocycles. The van der Waals surface area contributed by atoms with Crippen molar-refractivity contribution < 1.29 is 14.6 Å². The van der Waals surface area contributed by atoms with Crippen molar-refractivity contribution in [2.75, 3.05) is 6.54 Å². The highest BCUT2D eigenvalue weighted by molar-refractivity contribution is 5.67. The van der Waals surface area contributed by atoms with E-state index in [4.69, 9.17) is 10.5 Å². The SMILES string of the molecule is C[C@H](CN)C(CCCC(O)c1ccccc1)NC(=O)OCc1ccccc1. The minimum Gasteiger partial charge on any atom is -0.445 e. The van der Waals surface area contributed by atoms with Crippen molar-refractivity contribution in [3.63, 3.8) is 0 Å². The normalized spacial score (nSPS) is 14.2. The molecule has 2 unspecified atom stereocenters. The van der Waals surface area contributed by atoms with Crippen LogP contribution in [0.2, 0.25) is 0 Å². The third-order valence-corrected chi connectivity index (χ3v) is 4.75. The first-order valence-corrected chi connectivity index (χ1v) is 9.50. The monoisotopic (exact) mass is 370 g/mol. The van der Waals surface area contributed by atoms with Gasteiger partial charge in [0.05, 0.1) is 6.10 Å². The van der Waals surface area contributed by atoms with Gasteiger partial charge < -0.3 is 20.9 Å². The lowest BCUT2D eigenvalue weighted by molar-refractivity contribution is 0.129. The summed E-state index contributed by atoms with van der Waals surface area (Å²) in [6.45, 7) is 2.73. The van der Waals surface area contributed by atoms with Gasteiger partial charge in [0.2, 0.25) is 0 Å². The van der Waals surface area contributed by atoms with E-state index in [1.165, 1.54) is 0 Å². The molecule has 0 aromatic heterocycles. The maximum absolute atomic E-state index is 12.1. The van der Waals surface area contributed by atoms with Gasteiger partial charge in [0.1, 0.15) is 6.61 Å². The minimum absolute atomic E-state index is 0.0822. The molecule has 0 aliphatic rings. The van der Waals surface area contributed by atoms with Crippen LogP contribution in [0.4, 0.5) is 4.79 Å². The Kier molecular flexibility index (Phi) is 8.81. The smallest absolute Gasteiger partial charge is 0.407 e. The first-order valence-electron chi connectivity index (χ1n) is 9.50. The van der Waals surface area contributed by atoms with E-state index in [1.807, 2.05) is 67.6 Å². The van der Waals surface area contributed by atoms with E-state index in [9.17, 15) is 9.90 Å². The van der Waals surface area contributed by atoms with Gasteiger partial charge >= 0.3 is 6.09 Å². The van der Waals surface area contributed by atoms with E-state index in [2.05, 4.69) is 5.32 Å². The van der Waals surface area contributed by atoms with Crippen LogP contribution in [0.1, 0.15) is 43.4 Å². The number of alkyl carbamates (subject to hydrolysis) is 1. The van der Waals surface area contributed by atoms with Crippen LogP contribution in [0.25, 0.3) is 0 Å². The molecule has 146 valence electrons. The third-order valence-electron chi connectivity index (χ3n) is 4.75. The fourth-order valence-electron chi connectivity index (χ4n) is 2.95. The van der Waals surface area contributed by atoms with Gasteiger partial charge in [0.25, 0.3) is 0 Å². The fraction of sp³-hybridized carbons (Fsp3) is 0.409. The molecule has 2 aromatic carbocycles. The van der Waals surface area contributed by atoms with E-state index in [-0.39, 0.29) is 18.6 Å². The second-order valence-electron chi connectivity index (χ2n) is 6.88. The van der Waals surface area contributed by atoms with Crippen molar-refractivity contribution in [2.24, 2.45) is 11.7 Å². The highest BCUT2D eigenvalue weighted by Crippen LogP contribution is 2.20. The number of aliphatic hydroxyl groups excluding tert-OH is 1. The van der Waals surface area contributed by atoms with Crippen LogP contribution >= 0.6 is 0 Å². The van der Waals surface area contributed by atoms with Crippen LogP contribution < -0.4 is 11.1 Å². The number of benzene rings is 2. The molecule has 0 bridgehead atoms. The quantitative estimate of drug-likeness (QED) is 0.594. The van der Waals surface area contributed by atoms with Gasteiger partial charge in [-0.25, -0.2) is 4.79 Å². The van der Waals surface area contributed by atoms with Crippen LogP contribution in [0.15, 0.2) is 60.7 Å². The van der Waals surface area contributed by atoms with Crippen LogP contribution in [0, 0.1) is 5.92 Å². The van der Waals surface area contributed by atoms with Gasteiger partial charge in [0.15, 0.2) is 0 Å². The number of nitrogens with one attached hydrogen (secondary N) is 1. The Morgan fingerprint density at radius 3 is 2.33 bits per heavy atom. The summed E-state index contributed by atoms with van der Waals surface area (Å²) < 4.78 is 5.31. The van der Waals surface area contributed by atoms with Crippen molar-refractivity contribution in [2.45, 2.75) is 44.9 Å². The Hall–Kier alpha value is -2.37. The lowest BCUT2D eigenvalue weighted by Crippen LogP contribution is -2.42. The van der Waals surface area contributed by atoms with Gasteiger partial charge in [-0.1, -0.05) is 67.6 Å². The van der Waals surface area contributed by atoms with Gasteiger partial charge in [-0.15, -0.1) is 0 Å². The number of ether oxygens (including phenoxy) is 1. The molecule has 2 aromatic rings. The highest BCUT2D eigenvalue weighted by atomic mass is 16.5. The van der Waals surface area contributed by atoms with E-state index >= 15 is 0 Å². The van der Waals surface area contributed by atoms with E-state index < -0.39 is 12.2 Å². The molecule has 0 aliphatic carbocycles. The van der Waals surface area contributed by atoms with Crippen molar-refractivity contribution >= 4 is 6.09 Å². The molecule has 0 heterocycles. The highest BCUT2D eigenvalue weighted by Gasteiger charge is 2.20. The molecule has 0 fully saturated rings. The fourth-order valence-corrected chi connectivity index (χ4v) is 2.95. The lowest BCUT2D eigenvalue weighted by Gasteiger charge is -2.24. The number of carbonyl (C=O) groups is 1. The summed E-state index contributed by atoms with van der Waals surface area (Å²) in [7, 11) is 0. The number of amides is 1. The number of nitrogens with two attached hydrogens (primary N) is 1. The third kappa shape index (κ3) is 7.41. The first kappa shape index (κ1) is 20.9. The molecule has 27 heavy (non-hydrogen) atoms. The predicted octanol–water partition coefficient (Wildman–Crippen LogP) is 3.78. The zero-order valence-corrected chi connectivity index (χ0v) is 15.9. The van der Waals surface area contributed by atoms with Crippen molar-refractivity contribution in [3.05, 3.63) is 71.8 Å². The number of aliphatic hydroxyl groups is 1. The Morgan fingerprint density at radius 2 is 1.70 bits per heavy atom. The Balaban J connectivity index is 1.79. The van der Waals surface area contributed by atoms with Crippen LogP contribution in [-0.2, 0) is 11.3 Å². The van der Waals surface area contributed by atoms with Crippen LogP contribution in [-0.4, -0.2) is 23.8 Å². The van der Waals surface area contributed by atoms with Crippen molar-refractivity contribution in [3.8, 4) is 0 Å². The molecule has 0 radical (unpaired) electrons. The average Bonchev–Trinajstić information content (AvgIpc) is 2.72. The molecular weight excluding hydrogens is 340 g/mol. The number of carbonyl (C=O) groups excluding carboxylic acids is 1. The Bertz CT molecular complexity index is 664. The summed E-state index contributed by atoms with van der Waals surface area (Å²) in [5.74, 6) is 0.128. The molecule has 3 atom stereocenters. The van der Waals surface area contributed by atoms with Crippen LogP contribution in [0.5, 0.6) is 0 Å². The molecule has 5 nitrogen and oxygen atoms in total. The number of hydrogen-bond acceptors (Lipinski definition) is 4. The summed E-state index contributed by atoms with van der Waals surface area (Å²) in [4.78, 5) is 12.1. The van der Waals surface area contributed by atoms with E-state index in [0.29, 0.717) is 13.0 Å². The van der Waals surface area contributed by atoms with Gasteiger partial charge in [-0.3, -0.25) is 0 Å². The van der Waals surface area contributed by atoms with Gasteiger partial charge in [0, 0.05) is 6.04 Å². The van der Waals surface area contributed by atoms with Crippen molar-refractivity contribution in [1.29, 1.82) is 0 Å². The molecule has 0 spiro atoms. The predicted molar refractivity (Wildman–Crippen MR) is 107 cm³/mol. The first-order chi connectivity index (χ1) is 13.1. The van der Waals surface area contributed by atoms with Gasteiger partial charge in [-0.2, -0.15) is 0 Å². The van der Waals surface area contributed by atoms with Crippen molar-refractivity contribution in [1.82, 2.24) is 5.32 Å². The minimum atomic E-state index is -0.495. The van der Waals surface area contributed by atoms with E-state index in [1.54, 1.807) is 0 Å². The Morgan fingerprint density at radius 1 is 1.07 bits per heavy atom. The van der Waals surface area contributed by atoms with E-state index in [0.717, 1.165) is 24.0 Å². The molecule has 2 rings (SSSR count). The van der Waals surface area contributed by atoms with Gasteiger partial charge in [-0.05, 0) is 42.9 Å². The zero-order chi connectivity index (χ0) is 19.5. The summed E-state index contributed by atoms with van der Waals surface area (Å²) in [5.41, 5.74) is 7.65. The summed E-state index contributed by atoms with van der Waals surface area (Å²) in [6, 6.07) is 19.1. The standard InChI is InChI=1S/C22H30N2O3/c1-17(15-23)20(13-8-14-21(25)19-11-6-3-7-12-19)24-22(26)27-16-18-9-4-2-5-10-18/h2-7,9-12,17,20-21,25H,8,13-16,23H2,1H3,(H,24,26)/t17-,20?,21?/m1/s1. The molecule has 0 aliphatic heterocycles. The zero-order valence-electron chi connectivity index (χ0n) is 15.9. The lowest BCUT2D eigenvalue weighted by atomic mass is 9.95. The topological polar surface area (TPSA) is 84.6 Å². The molecular formula is C22H30N2O3. The maximum Gasteiger partial charge on any atom is 0.407 e. The van der Waals surface area contributed by atoms with Crippen LogP contribution in [0.3, 0.4) is 0 Å². The number of hydrogen-bond donors (Lipinski definition) is 3. The molecule has 4 N–H and O–H groups in total. The second-order valence-corrected chi connectivity index (χ2v) is 6.88. The summed E-state index contributed by atoms with van der Waals surface area (Å²) in [6.07, 6.45) is 1.23. The molecule has 0 saturated heterocycles. The second kappa shape index (κ2) is 11.4. The summed E-state index contributed by atoms with van der Waals surface area (Å²) >= 11 is 0. The molecule has 5 heteroatoms. The molecule has 1 amide bonds. The number of rotatable bonds is 10. The average molecular weight is 370 g/mol. The summed E-state index contributed by atoms with van der Waals surface area (Å²) in [5, 5.41) is 13.2. The maximum atomic E-state index is 12.1. The Labute approximate surface area is 161 Å². The largest absolute Gasteiger partial charge is 0.445 e.